The summed E-state index contributed by atoms with van der Waals surface area (Å²) in [4.78, 5) is 0. The summed E-state index contributed by atoms with van der Waals surface area (Å²) < 4.78 is 1.17. The molecule has 0 unspecified atom stereocenters. The summed E-state index contributed by atoms with van der Waals surface area (Å²) in [6.45, 7) is 4.79. The highest BCUT2D eigenvalue weighted by Gasteiger charge is 2.25. The van der Waals surface area contributed by atoms with Gasteiger partial charge in [0.2, 0.25) is 0 Å². The summed E-state index contributed by atoms with van der Waals surface area (Å²) in [5, 5.41) is 2.95. The fraction of sp³-hybridized carbons (Fsp3) is 0.143. The van der Waals surface area contributed by atoms with E-state index in [1.807, 2.05) is 0 Å². The zero-order chi connectivity index (χ0) is 11.6. The first-order valence-electron chi connectivity index (χ1n) is 5.42. The molecule has 2 aromatic rings. The van der Waals surface area contributed by atoms with Gasteiger partial charge in [-0.1, -0.05) is 81.9 Å². The Kier molecular flexibility index (Phi) is 3.31. The lowest BCUT2D eigenvalue weighted by molar-refractivity contribution is 1.64. The van der Waals surface area contributed by atoms with E-state index in [1.165, 1.54) is 14.8 Å². The van der Waals surface area contributed by atoms with Crippen LogP contribution in [0.5, 0.6) is 0 Å². The molecule has 82 valence electrons. The molecular weight excluding hydrogens is 276 g/mol. The van der Waals surface area contributed by atoms with E-state index in [4.69, 9.17) is 0 Å². The topological polar surface area (TPSA) is 0 Å². The van der Waals surface area contributed by atoms with Crippen molar-refractivity contribution in [3.63, 3.8) is 0 Å². The Morgan fingerprint density at radius 1 is 0.812 bits per heavy atom. The second kappa shape index (κ2) is 4.56. The Morgan fingerprint density at radius 2 is 1.44 bits per heavy atom. The van der Waals surface area contributed by atoms with Crippen molar-refractivity contribution in [3.8, 4) is 0 Å². The first-order valence-corrected chi connectivity index (χ1v) is 9.21. The second-order valence-corrected chi connectivity index (χ2v) is 9.82. The highest BCUT2D eigenvalue weighted by molar-refractivity contribution is 9.10. The quantitative estimate of drug-likeness (QED) is 0.745. The summed E-state index contributed by atoms with van der Waals surface area (Å²) in [5.41, 5.74) is 0. The summed E-state index contributed by atoms with van der Waals surface area (Å²) in [7, 11) is -1.52. The van der Waals surface area contributed by atoms with Gasteiger partial charge in [0, 0.05) is 4.47 Å². The molecule has 0 aromatic heterocycles. The molecule has 16 heavy (non-hydrogen) atoms. The van der Waals surface area contributed by atoms with E-state index < -0.39 is 8.07 Å². The zero-order valence-corrected chi connectivity index (χ0v) is 12.2. The Hall–Kier alpha value is -0.863. The molecular formula is C14H15BrSi. The van der Waals surface area contributed by atoms with Gasteiger partial charge in [0.1, 0.15) is 8.07 Å². The number of hydrogen-bond donors (Lipinski definition) is 0. The van der Waals surface area contributed by atoms with E-state index in [0.29, 0.717) is 0 Å². The van der Waals surface area contributed by atoms with E-state index in [0.717, 1.165) is 0 Å². The van der Waals surface area contributed by atoms with Crippen LogP contribution in [0.2, 0.25) is 13.1 Å². The van der Waals surface area contributed by atoms with Crippen LogP contribution in [0.3, 0.4) is 0 Å². The van der Waals surface area contributed by atoms with Crippen molar-refractivity contribution >= 4 is 34.4 Å². The zero-order valence-electron chi connectivity index (χ0n) is 9.57. The molecule has 2 rings (SSSR count). The Bertz CT molecular complexity index is 477. The molecule has 0 aliphatic carbocycles. The maximum Gasteiger partial charge on any atom is 0.112 e. The second-order valence-electron chi connectivity index (χ2n) is 4.50. The molecule has 0 fully saturated rings. The van der Waals surface area contributed by atoms with Crippen molar-refractivity contribution in [1.29, 1.82) is 0 Å². The summed E-state index contributed by atoms with van der Waals surface area (Å²) in [5.74, 6) is 0. The van der Waals surface area contributed by atoms with Crippen LogP contribution in [0.4, 0.5) is 0 Å². The molecule has 0 nitrogen and oxygen atoms in total. The van der Waals surface area contributed by atoms with Gasteiger partial charge in [-0.3, -0.25) is 0 Å². The third-order valence-corrected chi connectivity index (χ3v) is 7.07. The van der Waals surface area contributed by atoms with Crippen molar-refractivity contribution in [3.05, 3.63) is 59.1 Å². The summed E-state index contributed by atoms with van der Waals surface area (Å²) >= 11 is 3.55. The Morgan fingerprint density at radius 3 is 2.06 bits per heavy atom. The average molecular weight is 291 g/mol. The monoisotopic (exact) mass is 290 g/mol. The van der Waals surface area contributed by atoms with Crippen LogP contribution in [0, 0.1) is 0 Å². The molecule has 0 atom stereocenters. The molecule has 0 saturated carbocycles. The normalized spacial score (nSPS) is 11.4. The summed E-state index contributed by atoms with van der Waals surface area (Å²) in [6.07, 6.45) is 0. The smallest absolute Gasteiger partial charge is 0.0626 e. The lowest BCUT2D eigenvalue weighted by Crippen LogP contribution is -2.52. The van der Waals surface area contributed by atoms with E-state index in [1.54, 1.807) is 0 Å². The standard InChI is InChI=1S/C14H15BrSi/c1-16(2,13-8-4-3-5-9-13)14-10-6-7-12(15)11-14/h3-11H,1-2H3. The van der Waals surface area contributed by atoms with Gasteiger partial charge in [-0.05, 0) is 12.1 Å². The molecule has 0 amide bonds. The Balaban J connectivity index is 2.47. The molecule has 0 heterocycles. The van der Waals surface area contributed by atoms with Crippen molar-refractivity contribution in [2.45, 2.75) is 13.1 Å². The number of halogens is 1. The number of rotatable bonds is 2. The van der Waals surface area contributed by atoms with Crippen LogP contribution in [0.1, 0.15) is 0 Å². The minimum Gasteiger partial charge on any atom is -0.0626 e. The van der Waals surface area contributed by atoms with Gasteiger partial charge < -0.3 is 0 Å². The molecule has 2 aromatic carbocycles. The van der Waals surface area contributed by atoms with E-state index in [-0.39, 0.29) is 0 Å². The van der Waals surface area contributed by atoms with Gasteiger partial charge in [0.15, 0.2) is 0 Å². The van der Waals surface area contributed by atoms with Gasteiger partial charge in [0.25, 0.3) is 0 Å². The van der Waals surface area contributed by atoms with E-state index in [2.05, 4.69) is 83.6 Å². The minimum absolute atomic E-state index is 1.17. The molecule has 0 aliphatic rings. The van der Waals surface area contributed by atoms with Crippen LogP contribution in [0.15, 0.2) is 59.1 Å². The number of hydrogen-bond acceptors (Lipinski definition) is 0. The molecule has 0 saturated heterocycles. The lowest BCUT2D eigenvalue weighted by Gasteiger charge is -2.23. The van der Waals surface area contributed by atoms with Gasteiger partial charge in [-0.15, -0.1) is 0 Å². The van der Waals surface area contributed by atoms with Crippen LogP contribution in [-0.2, 0) is 0 Å². The Labute approximate surface area is 106 Å². The SMILES string of the molecule is C[Si](C)(c1ccccc1)c1cccc(Br)c1. The van der Waals surface area contributed by atoms with Gasteiger partial charge in [-0.25, -0.2) is 0 Å². The van der Waals surface area contributed by atoms with Gasteiger partial charge in [-0.2, -0.15) is 0 Å². The number of benzene rings is 2. The van der Waals surface area contributed by atoms with E-state index in [9.17, 15) is 0 Å². The van der Waals surface area contributed by atoms with Crippen molar-refractivity contribution in [2.75, 3.05) is 0 Å². The van der Waals surface area contributed by atoms with Crippen molar-refractivity contribution in [1.82, 2.24) is 0 Å². The maximum atomic E-state index is 3.55. The third-order valence-electron chi connectivity index (χ3n) is 3.04. The predicted molar refractivity (Wildman–Crippen MR) is 77.3 cm³/mol. The van der Waals surface area contributed by atoms with Gasteiger partial charge in [0.05, 0.1) is 0 Å². The highest BCUT2D eigenvalue weighted by Crippen LogP contribution is 2.10. The molecule has 0 spiro atoms. The predicted octanol–water partition coefficient (Wildman–Crippen LogP) is 3.27. The molecule has 2 heteroatoms. The third kappa shape index (κ3) is 2.28. The van der Waals surface area contributed by atoms with Crippen LogP contribution < -0.4 is 10.4 Å². The van der Waals surface area contributed by atoms with Crippen LogP contribution in [0.25, 0.3) is 0 Å². The van der Waals surface area contributed by atoms with Crippen LogP contribution in [-0.4, -0.2) is 8.07 Å². The first-order chi connectivity index (χ1) is 7.60. The molecule has 0 aliphatic heterocycles. The van der Waals surface area contributed by atoms with Crippen molar-refractivity contribution in [2.24, 2.45) is 0 Å². The maximum absolute atomic E-state index is 3.55. The van der Waals surface area contributed by atoms with Crippen molar-refractivity contribution < 1.29 is 0 Å². The van der Waals surface area contributed by atoms with E-state index >= 15 is 0 Å². The molecule has 0 bridgehead atoms. The molecule has 0 radical (unpaired) electrons. The lowest BCUT2D eigenvalue weighted by atomic mass is 10.4. The minimum atomic E-state index is -1.52. The van der Waals surface area contributed by atoms with Crippen LogP contribution >= 0.6 is 15.9 Å². The largest absolute Gasteiger partial charge is 0.112 e. The first kappa shape index (κ1) is 11.6. The fourth-order valence-electron chi connectivity index (χ4n) is 1.90. The highest BCUT2D eigenvalue weighted by atomic mass is 79.9. The fourth-order valence-corrected chi connectivity index (χ4v) is 4.90. The summed E-state index contributed by atoms with van der Waals surface area (Å²) in [6, 6.07) is 19.5. The average Bonchev–Trinajstić information content (AvgIpc) is 2.30. The molecule has 0 N–H and O–H groups in total. The van der Waals surface area contributed by atoms with Gasteiger partial charge >= 0.3 is 0 Å².